The molecular weight excluding hydrogens is 308 g/mol. The number of carbonyl (C=O) groups excluding carboxylic acids is 1. The molecule has 24 heavy (non-hydrogen) atoms. The van der Waals surface area contributed by atoms with Crippen LogP contribution in [0.2, 0.25) is 0 Å². The molecular formula is C18H22N2O4. The van der Waals surface area contributed by atoms with Gasteiger partial charge in [0.25, 0.3) is 5.91 Å². The zero-order chi connectivity index (χ0) is 16.9. The first-order valence-corrected chi connectivity index (χ1v) is 8.15. The van der Waals surface area contributed by atoms with E-state index in [1.807, 2.05) is 18.2 Å². The molecule has 3 rings (SSSR count). The van der Waals surface area contributed by atoms with Crippen LogP contribution in [0.5, 0.6) is 0 Å². The van der Waals surface area contributed by atoms with Gasteiger partial charge in [0, 0.05) is 24.3 Å². The lowest BCUT2D eigenvalue weighted by Crippen LogP contribution is -2.42. The molecule has 128 valence electrons. The van der Waals surface area contributed by atoms with Crippen molar-refractivity contribution in [1.82, 2.24) is 4.90 Å². The van der Waals surface area contributed by atoms with Crippen LogP contribution in [0, 0.1) is 0 Å². The van der Waals surface area contributed by atoms with E-state index in [-0.39, 0.29) is 12.5 Å². The third kappa shape index (κ3) is 3.96. The van der Waals surface area contributed by atoms with Crippen molar-refractivity contribution in [3.8, 4) is 0 Å². The molecule has 1 aromatic heterocycles. The number of rotatable bonds is 5. The first kappa shape index (κ1) is 16.5. The van der Waals surface area contributed by atoms with Gasteiger partial charge in [-0.3, -0.25) is 4.79 Å². The average Bonchev–Trinajstić information content (AvgIpc) is 3.08. The second-order valence-electron chi connectivity index (χ2n) is 6.01. The number of anilines is 1. The van der Waals surface area contributed by atoms with E-state index in [9.17, 15) is 9.90 Å². The molecule has 1 atom stereocenters. The summed E-state index contributed by atoms with van der Waals surface area (Å²) in [6, 6.07) is 10.8. The lowest BCUT2D eigenvalue weighted by molar-refractivity contribution is 0.0474. The lowest BCUT2D eigenvalue weighted by atomic mass is 10.1. The van der Waals surface area contributed by atoms with Gasteiger partial charge in [0.05, 0.1) is 12.6 Å². The molecule has 1 aliphatic heterocycles. The maximum absolute atomic E-state index is 12.6. The van der Waals surface area contributed by atoms with E-state index >= 15 is 0 Å². The Balaban J connectivity index is 1.63. The zero-order valence-corrected chi connectivity index (χ0v) is 13.4. The van der Waals surface area contributed by atoms with E-state index in [2.05, 4.69) is 5.32 Å². The fourth-order valence-electron chi connectivity index (χ4n) is 2.88. The highest BCUT2D eigenvalue weighted by Gasteiger charge is 2.23. The highest BCUT2D eigenvalue weighted by molar-refractivity contribution is 5.95. The lowest BCUT2D eigenvalue weighted by Gasteiger charge is -2.30. The number of hydrogen-bond acceptors (Lipinski definition) is 5. The number of hydrogen-bond donors (Lipinski definition) is 3. The van der Waals surface area contributed by atoms with Crippen molar-refractivity contribution in [2.45, 2.75) is 32.1 Å². The number of nitrogens with one attached hydrogen (secondary N) is 1. The third-order valence-corrected chi connectivity index (χ3v) is 4.13. The summed E-state index contributed by atoms with van der Waals surface area (Å²) in [5.41, 5.74) is 1.42. The van der Waals surface area contributed by atoms with Crippen molar-refractivity contribution in [3.63, 3.8) is 0 Å². The average molecular weight is 330 g/mol. The summed E-state index contributed by atoms with van der Waals surface area (Å²) in [5, 5.41) is 21.9. The number of amides is 1. The number of benzene rings is 1. The van der Waals surface area contributed by atoms with Gasteiger partial charge in [-0.1, -0.05) is 6.07 Å². The van der Waals surface area contributed by atoms with Gasteiger partial charge in [-0.2, -0.15) is 0 Å². The van der Waals surface area contributed by atoms with Crippen LogP contribution in [-0.2, 0) is 13.2 Å². The van der Waals surface area contributed by atoms with Gasteiger partial charge in [0.2, 0.25) is 0 Å². The van der Waals surface area contributed by atoms with Crippen LogP contribution in [0.4, 0.5) is 5.69 Å². The minimum Gasteiger partial charge on any atom is -0.462 e. The molecule has 6 nitrogen and oxygen atoms in total. The summed E-state index contributed by atoms with van der Waals surface area (Å²) in [5.74, 6) is 1.19. The highest BCUT2D eigenvalue weighted by Crippen LogP contribution is 2.18. The van der Waals surface area contributed by atoms with Crippen molar-refractivity contribution in [1.29, 1.82) is 0 Å². The van der Waals surface area contributed by atoms with Gasteiger partial charge in [0.1, 0.15) is 18.1 Å². The molecule has 0 bridgehead atoms. The molecule has 0 saturated carbocycles. The van der Waals surface area contributed by atoms with Crippen molar-refractivity contribution in [2.75, 3.05) is 18.4 Å². The molecule has 1 saturated heterocycles. The Morgan fingerprint density at radius 2 is 2.12 bits per heavy atom. The molecule has 6 heteroatoms. The predicted molar refractivity (Wildman–Crippen MR) is 89.5 cm³/mol. The summed E-state index contributed by atoms with van der Waals surface area (Å²) >= 11 is 0. The van der Waals surface area contributed by atoms with E-state index in [4.69, 9.17) is 9.52 Å². The monoisotopic (exact) mass is 330 g/mol. The Kier molecular flexibility index (Phi) is 5.17. The van der Waals surface area contributed by atoms with Crippen molar-refractivity contribution < 1.29 is 19.4 Å². The molecule has 1 aliphatic rings. The first-order valence-electron chi connectivity index (χ1n) is 8.15. The molecule has 0 aliphatic carbocycles. The molecule has 1 aromatic carbocycles. The van der Waals surface area contributed by atoms with E-state index in [0.29, 0.717) is 31.0 Å². The minimum atomic E-state index is -0.427. The molecule has 0 spiro atoms. The van der Waals surface area contributed by atoms with E-state index < -0.39 is 6.10 Å². The summed E-state index contributed by atoms with van der Waals surface area (Å²) in [6.45, 7) is 1.43. The zero-order valence-electron chi connectivity index (χ0n) is 13.4. The minimum absolute atomic E-state index is 0.0574. The Morgan fingerprint density at radius 3 is 2.88 bits per heavy atom. The number of aliphatic hydroxyl groups is 2. The molecule has 2 aromatic rings. The van der Waals surface area contributed by atoms with Crippen LogP contribution >= 0.6 is 0 Å². The summed E-state index contributed by atoms with van der Waals surface area (Å²) < 4.78 is 5.42. The fraction of sp³-hybridized carbons (Fsp3) is 0.389. The Hall–Kier alpha value is -2.31. The highest BCUT2D eigenvalue weighted by atomic mass is 16.4. The van der Waals surface area contributed by atoms with Gasteiger partial charge in [-0.05, 0) is 43.2 Å². The second-order valence-corrected chi connectivity index (χ2v) is 6.01. The van der Waals surface area contributed by atoms with Crippen molar-refractivity contribution in [2.24, 2.45) is 0 Å². The quantitative estimate of drug-likeness (QED) is 0.780. The molecule has 1 amide bonds. The van der Waals surface area contributed by atoms with Crippen LogP contribution in [0.15, 0.2) is 40.8 Å². The van der Waals surface area contributed by atoms with Crippen LogP contribution in [0.3, 0.4) is 0 Å². The van der Waals surface area contributed by atoms with E-state index in [0.717, 1.165) is 24.3 Å². The molecule has 1 fully saturated rings. The smallest absolute Gasteiger partial charge is 0.254 e. The normalized spacial score (nSPS) is 17.8. The van der Waals surface area contributed by atoms with Gasteiger partial charge in [-0.25, -0.2) is 0 Å². The number of β-amino-alcohol motifs (C(OH)–C–C–N with tert-alkyl or cyclic N) is 1. The fourth-order valence-corrected chi connectivity index (χ4v) is 2.88. The van der Waals surface area contributed by atoms with Crippen LogP contribution < -0.4 is 5.32 Å². The number of likely N-dealkylation sites (tertiary alicyclic amines) is 1. The third-order valence-electron chi connectivity index (χ3n) is 4.13. The van der Waals surface area contributed by atoms with Crippen molar-refractivity contribution in [3.05, 3.63) is 53.5 Å². The Labute approximate surface area is 140 Å². The van der Waals surface area contributed by atoms with Gasteiger partial charge >= 0.3 is 0 Å². The predicted octanol–water partition coefficient (Wildman–Crippen LogP) is 1.98. The van der Waals surface area contributed by atoms with Crippen molar-refractivity contribution >= 4 is 11.6 Å². The summed E-state index contributed by atoms with van der Waals surface area (Å²) in [4.78, 5) is 14.3. The van der Waals surface area contributed by atoms with E-state index in [1.165, 1.54) is 0 Å². The van der Waals surface area contributed by atoms with Gasteiger partial charge in [0.15, 0.2) is 0 Å². The van der Waals surface area contributed by atoms with Crippen LogP contribution in [0.1, 0.15) is 34.7 Å². The van der Waals surface area contributed by atoms with Gasteiger partial charge < -0.3 is 24.8 Å². The standard InChI is InChI=1S/C18H22N2O4/c21-12-17-7-6-16(24-17)10-19-14-4-1-3-13(9-14)18(23)20-8-2-5-15(22)11-20/h1,3-4,6-7,9,15,19,21-22H,2,5,8,10-12H2. The molecule has 1 unspecified atom stereocenters. The number of piperidine rings is 1. The second kappa shape index (κ2) is 7.51. The van der Waals surface area contributed by atoms with Gasteiger partial charge in [-0.15, -0.1) is 0 Å². The summed E-state index contributed by atoms with van der Waals surface area (Å²) in [7, 11) is 0. The number of nitrogens with zero attached hydrogens (tertiary/aromatic N) is 1. The van der Waals surface area contributed by atoms with E-state index in [1.54, 1.807) is 23.1 Å². The number of furan rings is 1. The summed E-state index contributed by atoms with van der Waals surface area (Å²) in [6.07, 6.45) is 1.16. The Bertz CT molecular complexity index is 698. The molecule has 3 N–H and O–H groups in total. The van der Waals surface area contributed by atoms with Crippen LogP contribution in [0.25, 0.3) is 0 Å². The largest absolute Gasteiger partial charge is 0.462 e. The molecule has 0 radical (unpaired) electrons. The van der Waals surface area contributed by atoms with Crippen LogP contribution in [-0.4, -0.2) is 40.2 Å². The topological polar surface area (TPSA) is 85.9 Å². The first-order chi connectivity index (χ1) is 11.7. The number of aliphatic hydroxyl groups excluding tert-OH is 2. The number of carbonyl (C=O) groups is 1. The SMILES string of the molecule is O=C(c1cccc(NCc2ccc(CO)o2)c1)N1CCCC(O)C1. The molecule has 2 heterocycles. The maximum atomic E-state index is 12.6. The maximum Gasteiger partial charge on any atom is 0.254 e. The Morgan fingerprint density at radius 1 is 1.29 bits per heavy atom.